The summed E-state index contributed by atoms with van der Waals surface area (Å²) in [5.74, 6) is 8.15. The van der Waals surface area contributed by atoms with E-state index in [0.717, 1.165) is 51.8 Å². The number of para-hydroxylation sites is 2. The van der Waals surface area contributed by atoms with Crippen LogP contribution in [0.15, 0.2) is 179 Å². The first-order valence-corrected chi connectivity index (χ1v) is 26.9. The molecule has 2 aromatic rings. The van der Waals surface area contributed by atoms with Gasteiger partial charge in [-0.3, -0.25) is 0 Å². The maximum atomic E-state index is 6.06. The van der Waals surface area contributed by atoms with Crippen molar-refractivity contribution in [1.82, 2.24) is 10.6 Å². The highest BCUT2D eigenvalue weighted by Gasteiger charge is 2.28. The number of nitrogens with one attached hydrogen (secondary N) is 3. The maximum absolute atomic E-state index is 6.06. The second-order valence-corrected chi connectivity index (χ2v) is 22.7. The normalized spacial score (nSPS) is 16.4. The van der Waals surface area contributed by atoms with Crippen LogP contribution in [-0.4, -0.2) is 6.54 Å². The average Bonchev–Trinajstić information content (AvgIpc) is 3.71. The summed E-state index contributed by atoms with van der Waals surface area (Å²) in [5.41, 5.74) is 20.1. The molecule has 5 heteroatoms. The van der Waals surface area contributed by atoms with E-state index in [1.165, 1.54) is 61.7 Å². The molecule has 2 aromatic carbocycles. The Morgan fingerprint density at radius 3 is 1.39 bits per heavy atom. The van der Waals surface area contributed by atoms with Gasteiger partial charge in [-0.05, 0) is 122 Å². The van der Waals surface area contributed by atoms with Gasteiger partial charge in [-0.25, -0.2) is 0 Å². The molecule has 5 aliphatic rings. The molecule has 5 nitrogen and oxygen atoms in total. The van der Waals surface area contributed by atoms with E-state index in [1.807, 2.05) is 36.6 Å². The molecule has 3 N–H and O–H groups in total. The molecule has 0 fully saturated rings. The van der Waals surface area contributed by atoms with E-state index in [0.29, 0.717) is 59.2 Å². The van der Waals surface area contributed by atoms with Crippen molar-refractivity contribution in [2.75, 3.05) is 11.9 Å². The van der Waals surface area contributed by atoms with E-state index >= 15 is 0 Å². The van der Waals surface area contributed by atoms with E-state index in [2.05, 4.69) is 218 Å². The molecule has 0 radical (unpaired) electrons. The molecule has 0 saturated carbocycles. The Morgan fingerprint density at radius 2 is 0.931 bits per heavy atom. The Bertz CT molecular complexity index is 2360. The molecule has 0 bridgehead atoms. The molecule has 0 aromatic heterocycles. The van der Waals surface area contributed by atoms with Gasteiger partial charge in [0.2, 0.25) is 0 Å². The van der Waals surface area contributed by atoms with Gasteiger partial charge in [-0.15, -0.1) is 0 Å². The molecule has 5 aliphatic heterocycles. The summed E-state index contributed by atoms with van der Waals surface area (Å²) in [5, 5.41) is 10.2. The van der Waals surface area contributed by atoms with Gasteiger partial charge in [0.1, 0.15) is 17.3 Å². The molecule has 0 saturated heterocycles. The lowest BCUT2D eigenvalue weighted by Crippen LogP contribution is -2.20. The minimum absolute atomic E-state index is 0.387. The fourth-order valence-corrected chi connectivity index (χ4v) is 9.98. The topological polar surface area (TPSA) is 54.5 Å². The third-order valence-electron chi connectivity index (χ3n) is 13.3. The second kappa shape index (κ2) is 27.4. The van der Waals surface area contributed by atoms with Crippen LogP contribution in [-0.2, 0) is 4.74 Å². The molecule has 0 unspecified atom stereocenters. The lowest BCUT2D eigenvalue weighted by molar-refractivity contribution is 0.290. The standard InChI is InChI=1S/C16H21N.C16H20O.C12H19N.C12H18O.C11H19N/c2*1-10(2)15-12(5)13-8-6-7-9-14(13)17-16(15)11(3)4;2*1-8(2)11-10(5)6-7-13-12(11)9(3)4;1-7(2)10-6-12-9(5)11(10)8(3)4/h6-11,17H,5H2,1-4H3;6-11H,5H2,1-4H3;6-9,13H,5H2,1-4H3;6-9H,5H2,1-4H3;7-8,12H,5-6H2,1-4H3. The summed E-state index contributed by atoms with van der Waals surface area (Å²) < 4.78 is 11.6. The van der Waals surface area contributed by atoms with Crippen LogP contribution in [0.4, 0.5) is 5.69 Å². The zero-order valence-electron chi connectivity index (χ0n) is 48.8. The quantitative estimate of drug-likeness (QED) is 0.221. The summed E-state index contributed by atoms with van der Waals surface area (Å²) in [6.45, 7) is 65.7. The van der Waals surface area contributed by atoms with Crippen LogP contribution in [0.1, 0.15) is 150 Å². The van der Waals surface area contributed by atoms with Crippen LogP contribution in [0.5, 0.6) is 5.75 Å². The first-order chi connectivity index (χ1) is 33.6. The third-order valence-corrected chi connectivity index (χ3v) is 13.3. The summed E-state index contributed by atoms with van der Waals surface area (Å²) in [7, 11) is 0. The van der Waals surface area contributed by atoms with Crippen molar-refractivity contribution in [1.29, 1.82) is 0 Å². The van der Waals surface area contributed by atoms with Crippen LogP contribution in [0.25, 0.3) is 11.1 Å². The van der Waals surface area contributed by atoms with Crippen molar-refractivity contribution in [3.05, 3.63) is 190 Å². The van der Waals surface area contributed by atoms with Crippen molar-refractivity contribution in [2.45, 2.75) is 138 Å². The van der Waals surface area contributed by atoms with Crippen molar-refractivity contribution in [3.63, 3.8) is 0 Å². The predicted octanol–water partition coefficient (Wildman–Crippen LogP) is 18.9. The van der Waals surface area contributed by atoms with Crippen LogP contribution in [0, 0.1) is 59.2 Å². The molecule has 5 heterocycles. The van der Waals surface area contributed by atoms with E-state index in [-0.39, 0.29) is 0 Å². The van der Waals surface area contributed by atoms with Crippen LogP contribution >= 0.6 is 0 Å². The lowest BCUT2D eigenvalue weighted by Gasteiger charge is -2.30. The summed E-state index contributed by atoms with van der Waals surface area (Å²) >= 11 is 0. The summed E-state index contributed by atoms with van der Waals surface area (Å²) in [6.07, 6.45) is 7.68. The fraction of sp³-hybridized carbons (Fsp3) is 0.463. The highest BCUT2D eigenvalue weighted by molar-refractivity contribution is 5.89. The van der Waals surface area contributed by atoms with Crippen molar-refractivity contribution >= 4 is 16.8 Å². The van der Waals surface area contributed by atoms with E-state index in [9.17, 15) is 0 Å². The number of benzene rings is 2. The predicted molar refractivity (Wildman–Crippen MR) is 317 cm³/mol. The van der Waals surface area contributed by atoms with E-state index in [1.54, 1.807) is 6.26 Å². The minimum Gasteiger partial charge on any atom is -0.469 e. The van der Waals surface area contributed by atoms with Crippen LogP contribution in [0.2, 0.25) is 0 Å². The molecule has 0 amide bonds. The SMILES string of the molecule is C=C1C(C(C)C)=C(C(C)C)Nc2ccccc21.C=C1C(C(C)C)=C(C(C)C)Oc2ccccc21.C=C1C=CNC(C(C)C)=C1C(C)C.C=C1C=COC(C(C)C)=C1C(C)C.C=C1NCC(C(C)C)=C1C(C)C. The van der Waals surface area contributed by atoms with Gasteiger partial charge < -0.3 is 25.4 Å². The number of anilines is 1. The van der Waals surface area contributed by atoms with Gasteiger partial charge in [0.25, 0.3) is 0 Å². The summed E-state index contributed by atoms with van der Waals surface area (Å²) in [4.78, 5) is 0. The molecule has 0 aliphatic carbocycles. The fourth-order valence-electron chi connectivity index (χ4n) is 9.98. The van der Waals surface area contributed by atoms with Crippen LogP contribution < -0.4 is 20.7 Å². The first-order valence-electron chi connectivity index (χ1n) is 26.9. The molecular formula is C67H97N3O2. The lowest BCUT2D eigenvalue weighted by atomic mass is 9.83. The van der Waals surface area contributed by atoms with E-state index in [4.69, 9.17) is 9.47 Å². The number of dihydropyridines is 1. The van der Waals surface area contributed by atoms with Gasteiger partial charge in [0.05, 0.1) is 6.26 Å². The zero-order chi connectivity index (χ0) is 54.5. The van der Waals surface area contributed by atoms with Crippen LogP contribution in [0.3, 0.4) is 0 Å². The Hall–Kier alpha value is -5.68. The van der Waals surface area contributed by atoms with E-state index < -0.39 is 0 Å². The molecular weight excluding hydrogens is 879 g/mol. The number of hydrogen-bond acceptors (Lipinski definition) is 5. The number of allylic oxidation sites excluding steroid dienone is 15. The van der Waals surface area contributed by atoms with Gasteiger partial charge in [0.15, 0.2) is 0 Å². The van der Waals surface area contributed by atoms with Gasteiger partial charge in [-0.1, -0.05) is 208 Å². The smallest absolute Gasteiger partial charge is 0.134 e. The Labute approximate surface area is 440 Å². The minimum atomic E-state index is 0.387. The number of ether oxygens (including phenoxy) is 2. The molecule has 0 atom stereocenters. The van der Waals surface area contributed by atoms with Gasteiger partial charge in [-0.2, -0.15) is 0 Å². The molecule has 7 rings (SSSR count). The van der Waals surface area contributed by atoms with Gasteiger partial charge in [0, 0.05) is 64.1 Å². The van der Waals surface area contributed by atoms with Crippen molar-refractivity contribution < 1.29 is 9.47 Å². The molecule has 392 valence electrons. The first kappa shape index (κ1) is 60.6. The monoisotopic (exact) mass is 976 g/mol. The van der Waals surface area contributed by atoms with Gasteiger partial charge >= 0.3 is 0 Å². The number of hydrogen-bond donors (Lipinski definition) is 3. The highest BCUT2D eigenvalue weighted by Crippen LogP contribution is 2.43. The number of rotatable bonds is 10. The molecule has 72 heavy (non-hydrogen) atoms. The largest absolute Gasteiger partial charge is 0.469 e. The summed E-state index contributed by atoms with van der Waals surface area (Å²) in [6, 6.07) is 16.5. The average molecular weight is 977 g/mol. The number of fused-ring (bicyclic) bond motifs is 2. The zero-order valence-corrected chi connectivity index (χ0v) is 48.8. The van der Waals surface area contributed by atoms with Crippen molar-refractivity contribution in [2.24, 2.45) is 59.2 Å². The Kier molecular flexibility index (Phi) is 23.1. The van der Waals surface area contributed by atoms with Crippen molar-refractivity contribution in [3.8, 4) is 5.75 Å². The highest BCUT2D eigenvalue weighted by atomic mass is 16.5. The third kappa shape index (κ3) is 15.4. The second-order valence-electron chi connectivity index (χ2n) is 22.7. The molecule has 0 spiro atoms. The Morgan fingerprint density at radius 1 is 0.444 bits per heavy atom. The maximum Gasteiger partial charge on any atom is 0.134 e. The Balaban J connectivity index is 0.000000240.